The van der Waals surface area contributed by atoms with E-state index < -0.39 is 0 Å². The lowest BCUT2D eigenvalue weighted by atomic mass is 9.89. The second kappa shape index (κ2) is 5.54. The molecule has 2 aromatic carbocycles. The Bertz CT molecular complexity index is 506. The molecule has 0 aliphatic rings. The van der Waals surface area contributed by atoms with Crippen LogP contribution in [0.25, 0.3) is 0 Å². The van der Waals surface area contributed by atoms with Crippen molar-refractivity contribution < 1.29 is 13.6 Å². The van der Waals surface area contributed by atoms with E-state index in [0.29, 0.717) is 11.1 Å². The SMILES string of the molecule is O=CCC(c1cccc(F)c1)c1cccc(F)c1. The van der Waals surface area contributed by atoms with Crippen molar-refractivity contribution in [1.82, 2.24) is 0 Å². The molecule has 92 valence electrons. The summed E-state index contributed by atoms with van der Waals surface area (Å²) in [6.45, 7) is 0. The number of halogens is 2. The molecule has 18 heavy (non-hydrogen) atoms. The lowest BCUT2D eigenvalue weighted by Gasteiger charge is -2.15. The van der Waals surface area contributed by atoms with Gasteiger partial charge in [-0.2, -0.15) is 0 Å². The summed E-state index contributed by atoms with van der Waals surface area (Å²) in [4.78, 5) is 10.7. The van der Waals surface area contributed by atoms with Crippen LogP contribution in [0.2, 0.25) is 0 Å². The number of hydrogen-bond acceptors (Lipinski definition) is 1. The third-order valence-corrected chi connectivity index (χ3v) is 2.83. The van der Waals surface area contributed by atoms with Gasteiger partial charge in [-0.15, -0.1) is 0 Å². The van der Waals surface area contributed by atoms with Gasteiger partial charge in [-0.25, -0.2) is 8.78 Å². The first-order chi connectivity index (χ1) is 8.70. The summed E-state index contributed by atoms with van der Waals surface area (Å²) in [5, 5.41) is 0. The highest BCUT2D eigenvalue weighted by molar-refractivity contribution is 5.54. The van der Waals surface area contributed by atoms with E-state index in [1.807, 2.05) is 0 Å². The lowest BCUT2D eigenvalue weighted by molar-refractivity contribution is -0.108. The van der Waals surface area contributed by atoms with Crippen LogP contribution in [0.5, 0.6) is 0 Å². The van der Waals surface area contributed by atoms with Crippen LogP contribution in [0, 0.1) is 11.6 Å². The number of rotatable bonds is 4. The van der Waals surface area contributed by atoms with Crippen LogP contribution in [-0.4, -0.2) is 6.29 Å². The summed E-state index contributed by atoms with van der Waals surface area (Å²) in [5.74, 6) is -1.03. The zero-order valence-corrected chi connectivity index (χ0v) is 9.64. The zero-order valence-electron chi connectivity index (χ0n) is 9.64. The van der Waals surface area contributed by atoms with Crippen molar-refractivity contribution in [3.63, 3.8) is 0 Å². The fourth-order valence-electron chi connectivity index (χ4n) is 2.01. The smallest absolute Gasteiger partial charge is 0.123 e. The third kappa shape index (κ3) is 2.80. The van der Waals surface area contributed by atoms with Crippen LogP contribution in [0.4, 0.5) is 8.78 Å². The summed E-state index contributed by atoms with van der Waals surface area (Å²) in [7, 11) is 0. The Hall–Kier alpha value is -2.03. The van der Waals surface area contributed by atoms with Crippen molar-refractivity contribution in [2.45, 2.75) is 12.3 Å². The number of aldehydes is 1. The Kier molecular flexibility index (Phi) is 3.82. The number of carbonyl (C=O) groups excluding carboxylic acids is 1. The molecule has 0 saturated carbocycles. The maximum atomic E-state index is 13.2. The zero-order chi connectivity index (χ0) is 13.0. The summed E-state index contributed by atoms with van der Waals surface area (Å²) in [6, 6.07) is 12.1. The molecule has 0 unspecified atom stereocenters. The first-order valence-electron chi connectivity index (χ1n) is 5.65. The summed E-state index contributed by atoms with van der Waals surface area (Å²) in [5.41, 5.74) is 1.35. The molecular formula is C15H12F2O. The molecule has 0 radical (unpaired) electrons. The third-order valence-electron chi connectivity index (χ3n) is 2.83. The van der Waals surface area contributed by atoms with Gasteiger partial charge in [0, 0.05) is 12.3 Å². The maximum absolute atomic E-state index is 13.2. The predicted molar refractivity (Wildman–Crippen MR) is 65.3 cm³/mol. The van der Waals surface area contributed by atoms with Crippen molar-refractivity contribution >= 4 is 6.29 Å². The quantitative estimate of drug-likeness (QED) is 0.752. The Morgan fingerprint density at radius 1 is 0.944 bits per heavy atom. The Labute approximate surface area is 104 Å². The molecule has 0 saturated heterocycles. The molecule has 0 amide bonds. The first-order valence-corrected chi connectivity index (χ1v) is 5.65. The fraction of sp³-hybridized carbons (Fsp3) is 0.133. The van der Waals surface area contributed by atoms with Crippen LogP contribution in [0.15, 0.2) is 48.5 Å². The second-order valence-corrected chi connectivity index (χ2v) is 4.06. The van der Waals surface area contributed by atoms with E-state index >= 15 is 0 Å². The Morgan fingerprint density at radius 3 is 1.83 bits per heavy atom. The first kappa shape index (κ1) is 12.4. The van der Waals surface area contributed by atoms with Gasteiger partial charge < -0.3 is 4.79 Å². The molecule has 0 bridgehead atoms. The summed E-state index contributed by atoms with van der Waals surface area (Å²) < 4.78 is 26.4. The second-order valence-electron chi connectivity index (χ2n) is 4.06. The van der Waals surface area contributed by atoms with E-state index in [1.165, 1.54) is 24.3 Å². The highest BCUT2D eigenvalue weighted by Gasteiger charge is 2.14. The van der Waals surface area contributed by atoms with Crippen LogP contribution < -0.4 is 0 Å². The van der Waals surface area contributed by atoms with Crippen molar-refractivity contribution in [3.05, 3.63) is 71.3 Å². The summed E-state index contributed by atoms with van der Waals surface area (Å²) in [6.07, 6.45) is 0.966. The topological polar surface area (TPSA) is 17.1 Å². The monoisotopic (exact) mass is 246 g/mol. The van der Waals surface area contributed by atoms with E-state index in [-0.39, 0.29) is 24.0 Å². The van der Waals surface area contributed by atoms with Crippen molar-refractivity contribution in [3.8, 4) is 0 Å². The molecule has 0 atom stereocenters. The van der Waals surface area contributed by atoms with Crippen LogP contribution in [0.1, 0.15) is 23.5 Å². The van der Waals surface area contributed by atoms with Gasteiger partial charge in [0.1, 0.15) is 17.9 Å². The van der Waals surface area contributed by atoms with Gasteiger partial charge in [-0.1, -0.05) is 24.3 Å². The number of carbonyl (C=O) groups is 1. The summed E-state index contributed by atoms with van der Waals surface area (Å²) >= 11 is 0. The van der Waals surface area contributed by atoms with Gasteiger partial charge in [0.15, 0.2) is 0 Å². The maximum Gasteiger partial charge on any atom is 0.123 e. The molecule has 0 aliphatic carbocycles. The van der Waals surface area contributed by atoms with Crippen LogP contribution in [-0.2, 0) is 4.79 Å². The standard InChI is InChI=1S/C15H12F2O/c16-13-5-1-3-11(9-13)15(7-8-18)12-4-2-6-14(17)10-12/h1-6,8-10,15H,7H2. The molecule has 0 heterocycles. The van der Waals surface area contributed by atoms with Gasteiger partial charge >= 0.3 is 0 Å². The Morgan fingerprint density at radius 2 is 1.44 bits per heavy atom. The highest BCUT2D eigenvalue weighted by atomic mass is 19.1. The molecule has 0 N–H and O–H groups in total. The van der Waals surface area contributed by atoms with Gasteiger partial charge in [0.2, 0.25) is 0 Å². The van der Waals surface area contributed by atoms with E-state index in [9.17, 15) is 13.6 Å². The van der Waals surface area contributed by atoms with E-state index in [1.54, 1.807) is 24.3 Å². The minimum atomic E-state index is -0.361. The molecule has 2 aromatic rings. The highest BCUT2D eigenvalue weighted by Crippen LogP contribution is 2.28. The Balaban J connectivity index is 2.42. The molecule has 0 fully saturated rings. The van der Waals surface area contributed by atoms with E-state index in [0.717, 1.165) is 6.29 Å². The normalized spacial score (nSPS) is 10.6. The van der Waals surface area contributed by atoms with Crippen molar-refractivity contribution in [1.29, 1.82) is 0 Å². The van der Waals surface area contributed by atoms with Crippen LogP contribution >= 0.6 is 0 Å². The van der Waals surface area contributed by atoms with Gasteiger partial charge in [0.25, 0.3) is 0 Å². The largest absolute Gasteiger partial charge is 0.303 e. The average molecular weight is 246 g/mol. The molecule has 0 aliphatic heterocycles. The molecule has 2 rings (SSSR count). The molecule has 3 heteroatoms. The van der Waals surface area contributed by atoms with Gasteiger partial charge in [0.05, 0.1) is 0 Å². The van der Waals surface area contributed by atoms with Crippen molar-refractivity contribution in [2.24, 2.45) is 0 Å². The van der Waals surface area contributed by atoms with E-state index in [4.69, 9.17) is 0 Å². The van der Waals surface area contributed by atoms with E-state index in [2.05, 4.69) is 0 Å². The lowest BCUT2D eigenvalue weighted by Crippen LogP contribution is -2.03. The van der Waals surface area contributed by atoms with Gasteiger partial charge in [-0.05, 0) is 35.4 Å². The minimum Gasteiger partial charge on any atom is -0.303 e. The molecular weight excluding hydrogens is 234 g/mol. The molecule has 1 nitrogen and oxygen atoms in total. The predicted octanol–water partition coefficient (Wildman–Crippen LogP) is 3.69. The molecule has 0 aromatic heterocycles. The number of hydrogen-bond donors (Lipinski definition) is 0. The van der Waals surface area contributed by atoms with Gasteiger partial charge in [-0.3, -0.25) is 0 Å². The minimum absolute atomic E-state index is 0.201. The fourth-order valence-corrected chi connectivity index (χ4v) is 2.01. The van der Waals surface area contributed by atoms with Crippen molar-refractivity contribution in [2.75, 3.05) is 0 Å². The number of benzene rings is 2. The van der Waals surface area contributed by atoms with Crippen LogP contribution in [0.3, 0.4) is 0 Å². The molecule has 0 spiro atoms. The average Bonchev–Trinajstić information content (AvgIpc) is 2.36.